The van der Waals surface area contributed by atoms with E-state index in [1.54, 1.807) is 0 Å². The van der Waals surface area contributed by atoms with Gasteiger partial charge in [-0.2, -0.15) is 0 Å². The van der Waals surface area contributed by atoms with Gasteiger partial charge in [-0.1, -0.05) is 0 Å². The first-order valence-corrected chi connectivity index (χ1v) is 3.91. The fourth-order valence-electron chi connectivity index (χ4n) is 1.22. The first kappa shape index (κ1) is 7.39. The summed E-state index contributed by atoms with van der Waals surface area (Å²) in [5.41, 5.74) is 0.0611. The molecule has 5 nitrogen and oxygen atoms in total. The smallest absolute Gasteiger partial charge is 0.218 e. The molecule has 2 rings (SSSR count). The van der Waals surface area contributed by atoms with E-state index in [2.05, 4.69) is 39.0 Å². The number of rotatable bonds is 0. The second kappa shape index (κ2) is 2.12. The summed E-state index contributed by atoms with van der Waals surface area (Å²) in [5.74, 6) is 1.52. The standard InChI is InChI=1S/C7H12N4O/c1-7(2)4-8-5-6(11(7)3)10-12-9-5/h4H2,1-3H3,(H,8,9). The van der Waals surface area contributed by atoms with Gasteiger partial charge in [0.15, 0.2) is 0 Å². The van der Waals surface area contributed by atoms with Crippen molar-refractivity contribution >= 4 is 11.6 Å². The van der Waals surface area contributed by atoms with Gasteiger partial charge in [0.2, 0.25) is 11.6 Å². The van der Waals surface area contributed by atoms with Crippen LogP contribution < -0.4 is 10.2 Å². The molecule has 0 aliphatic carbocycles. The Balaban J connectivity index is 2.42. The summed E-state index contributed by atoms with van der Waals surface area (Å²) in [6.45, 7) is 5.12. The highest BCUT2D eigenvalue weighted by atomic mass is 16.6. The fourth-order valence-corrected chi connectivity index (χ4v) is 1.22. The van der Waals surface area contributed by atoms with E-state index in [1.165, 1.54) is 0 Å². The Morgan fingerprint density at radius 1 is 1.50 bits per heavy atom. The van der Waals surface area contributed by atoms with Crippen molar-refractivity contribution in [3.63, 3.8) is 0 Å². The zero-order valence-corrected chi connectivity index (χ0v) is 7.46. The monoisotopic (exact) mass is 168 g/mol. The van der Waals surface area contributed by atoms with E-state index in [9.17, 15) is 0 Å². The van der Waals surface area contributed by atoms with Crippen molar-refractivity contribution in [1.82, 2.24) is 10.3 Å². The first-order chi connectivity index (χ1) is 5.61. The van der Waals surface area contributed by atoms with Gasteiger partial charge in [-0.3, -0.25) is 0 Å². The third-order valence-corrected chi connectivity index (χ3v) is 2.39. The van der Waals surface area contributed by atoms with Crippen molar-refractivity contribution in [2.45, 2.75) is 19.4 Å². The predicted molar refractivity (Wildman–Crippen MR) is 45.3 cm³/mol. The van der Waals surface area contributed by atoms with Crippen LogP contribution in [-0.4, -0.2) is 29.4 Å². The summed E-state index contributed by atoms with van der Waals surface area (Å²) >= 11 is 0. The van der Waals surface area contributed by atoms with Crippen LogP contribution in [0.25, 0.3) is 0 Å². The number of aromatic nitrogens is 2. The average Bonchev–Trinajstić information content (AvgIpc) is 2.45. The van der Waals surface area contributed by atoms with Crippen LogP contribution in [0.5, 0.6) is 0 Å². The Kier molecular flexibility index (Phi) is 1.31. The number of nitrogens with one attached hydrogen (secondary N) is 1. The highest BCUT2D eigenvalue weighted by Gasteiger charge is 2.33. The van der Waals surface area contributed by atoms with Crippen LogP contribution in [0.2, 0.25) is 0 Å². The zero-order valence-electron chi connectivity index (χ0n) is 7.46. The van der Waals surface area contributed by atoms with Gasteiger partial charge in [-0.05, 0) is 24.2 Å². The molecule has 12 heavy (non-hydrogen) atoms. The molecule has 0 atom stereocenters. The summed E-state index contributed by atoms with van der Waals surface area (Å²) in [5, 5.41) is 10.7. The van der Waals surface area contributed by atoms with Gasteiger partial charge in [0.1, 0.15) is 0 Å². The largest absolute Gasteiger partial charge is 0.362 e. The highest BCUT2D eigenvalue weighted by Crippen LogP contribution is 2.30. The van der Waals surface area contributed by atoms with E-state index in [0.717, 1.165) is 18.2 Å². The molecule has 1 aromatic rings. The molecular formula is C7H12N4O. The normalized spacial score (nSPS) is 20.1. The maximum atomic E-state index is 4.63. The maximum Gasteiger partial charge on any atom is 0.218 e. The molecule has 0 spiro atoms. The maximum absolute atomic E-state index is 4.63. The first-order valence-electron chi connectivity index (χ1n) is 3.91. The summed E-state index contributed by atoms with van der Waals surface area (Å²) in [6, 6.07) is 0. The van der Waals surface area contributed by atoms with E-state index in [4.69, 9.17) is 0 Å². The van der Waals surface area contributed by atoms with Crippen molar-refractivity contribution in [3.05, 3.63) is 0 Å². The molecule has 5 heteroatoms. The van der Waals surface area contributed by atoms with E-state index < -0.39 is 0 Å². The Morgan fingerprint density at radius 3 is 3.00 bits per heavy atom. The Morgan fingerprint density at radius 2 is 2.25 bits per heavy atom. The number of nitrogens with zero attached hydrogens (tertiary/aromatic N) is 3. The SMILES string of the molecule is CN1c2nonc2NCC1(C)C. The second-order valence-electron chi connectivity index (χ2n) is 3.66. The van der Waals surface area contributed by atoms with Crippen molar-refractivity contribution < 1.29 is 4.63 Å². The molecular weight excluding hydrogens is 156 g/mol. The number of hydrogen-bond donors (Lipinski definition) is 1. The summed E-state index contributed by atoms with van der Waals surface area (Å²) < 4.78 is 4.63. The van der Waals surface area contributed by atoms with E-state index in [-0.39, 0.29) is 5.54 Å². The fraction of sp³-hybridized carbons (Fsp3) is 0.714. The molecule has 66 valence electrons. The van der Waals surface area contributed by atoms with Gasteiger partial charge in [0, 0.05) is 13.6 Å². The number of likely N-dealkylation sites (N-methyl/N-ethyl adjacent to an activating group) is 1. The zero-order chi connectivity index (χ0) is 8.77. The molecule has 0 bridgehead atoms. The van der Waals surface area contributed by atoms with Gasteiger partial charge in [0.05, 0.1) is 5.54 Å². The summed E-state index contributed by atoms with van der Waals surface area (Å²) in [7, 11) is 1.99. The van der Waals surface area contributed by atoms with Crippen LogP contribution in [0.3, 0.4) is 0 Å². The van der Waals surface area contributed by atoms with Crippen molar-refractivity contribution in [3.8, 4) is 0 Å². The molecule has 1 N–H and O–H groups in total. The minimum atomic E-state index is 0.0611. The van der Waals surface area contributed by atoms with Crippen molar-refractivity contribution in [2.75, 3.05) is 23.8 Å². The highest BCUT2D eigenvalue weighted by molar-refractivity contribution is 5.63. The molecule has 0 saturated carbocycles. The Bertz CT molecular complexity index is 293. The quantitative estimate of drug-likeness (QED) is 0.618. The lowest BCUT2D eigenvalue weighted by atomic mass is 10.0. The lowest BCUT2D eigenvalue weighted by molar-refractivity contribution is 0.309. The van der Waals surface area contributed by atoms with Crippen molar-refractivity contribution in [2.24, 2.45) is 0 Å². The van der Waals surface area contributed by atoms with Gasteiger partial charge in [0.25, 0.3) is 0 Å². The molecule has 2 heterocycles. The number of hydrogen-bond acceptors (Lipinski definition) is 5. The average molecular weight is 168 g/mol. The Hall–Kier alpha value is -1.26. The molecule has 1 aliphatic rings. The third kappa shape index (κ3) is 0.855. The lowest BCUT2D eigenvalue weighted by Gasteiger charge is -2.39. The minimum absolute atomic E-state index is 0.0611. The second-order valence-corrected chi connectivity index (χ2v) is 3.66. The molecule has 0 aromatic carbocycles. The molecule has 1 aromatic heterocycles. The van der Waals surface area contributed by atoms with E-state index in [1.807, 2.05) is 7.05 Å². The topological polar surface area (TPSA) is 54.2 Å². The van der Waals surface area contributed by atoms with Crippen LogP contribution in [0.1, 0.15) is 13.8 Å². The van der Waals surface area contributed by atoms with Crippen LogP contribution in [-0.2, 0) is 0 Å². The predicted octanol–water partition coefficient (Wildman–Crippen LogP) is 0.710. The molecule has 0 saturated heterocycles. The van der Waals surface area contributed by atoms with Gasteiger partial charge < -0.3 is 10.2 Å². The molecule has 0 unspecified atom stereocenters. The van der Waals surface area contributed by atoms with Crippen LogP contribution in [0.4, 0.5) is 11.6 Å². The van der Waals surface area contributed by atoms with Gasteiger partial charge >= 0.3 is 0 Å². The van der Waals surface area contributed by atoms with Crippen LogP contribution >= 0.6 is 0 Å². The van der Waals surface area contributed by atoms with Crippen molar-refractivity contribution in [1.29, 1.82) is 0 Å². The van der Waals surface area contributed by atoms with E-state index in [0.29, 0.717) is 0 Å². The van der Waals surface area contributed by atoms with Crippen LogP contribution in [0.15, 0.2) is 4.63 Å². The van der Waals surface area contributed by atoms with Crippen LogP contribution in [0, 0.1) is 0 Å². The van der Waals surface area contributed by atoms with Gasteiger partial charge in [-0.15, -0.1) is 0 Å². The number of anilines is 2. The molecule has 0 fully saturated rings. The minimum Gasteiger partial charge on any atom is -0.362 e. The number of fused-ring (bicyclic) bond motifs is 1. The lowest BCUT2D eigenvalue weighted by Crippen LogP contribution is -2.50. The molecule has 0 amide bonds. The van der Waals surface area contributed by atoms with E-state index >= 15 is 0 Å². The third-order valence-electron chi connectivity index (χ3n) is 2.39. The summed E-state index contributed by atoms with van der Waals surface area (Å²) in [6.07, 6.45) is 0. The summed E-state index contributed by atoms with van der Waals surface area (Å²) in [4.78, 5) is 2.06. The Labute approximate surface area is 70.7 Å². The molecule has 1 aliphatic heterocycles. The molecule has 0 radical (unpaired) electrons. The van der Waals surface area contributed by atoms with Gasteiger partial charge in [-0.25, -0.2) is 4.63 Å².